The van der Waals surface area contributed by atoms with Crippen LogP contribution in [0.25, 0.3) is 45.1 Å². The Morgan fingerprint density at radius 3 is 1.76 bits per heavy atom. The van der Waals surface area contributed by atoms with Crippen LogP contribution in [0.2, 0.25) is 0 Å². The zero-order chi connectivity index (χ0) is 34.5. The molecule has 0 bridgehead atoms. The number of rotatable bonds is 5. The topological polar surface area (TPSA) is 142 Å². The number of hydrogen-bond donors (Lipinski definition) is 2. The van der Waals surface area contributed by atoms with Crippen LogP contribution in [0.5, 0.6) is 0 Å². The molecule has 5 aromatic rings. The first-order valence-corrected chi connectivity index (χ1v) is 16.9. The highest BCUT2D eigenvalue weighted by Crippen LogP contribution is 2.35. The minimum Gasteiger partial charge on any atom is -0.444 e. The lowest BCUT2D eigenvalue weighted by molar-refractivity contribution is 0.0208. The van der Waals surface area contributed by atoms with Crippen molar-refractivity contribution >= 4 is 23.3 Å². The maximum atomic E-state index is 12.8. The Balaban J connectivity index is 1.05. The summed E-state index contributed by atoms with van der Waals surface area (Å²) in [6.07, 6.45) is 6.43. The Bertz CT molecular complexity index is 1980. The third kappa shape index (κ3) is 6.90. The van der Waals surface area contributed by atoms with E-state index in [0.717, 1.165) is 70.9 Å². The summed E-state index contributed by atoms with van der Waals surface area (Å²) < 4.78 is 17.4. The number of oxazole rings is 1. The molecule has 2 aromatic carbocycles. The van der Waals surface area contributed by atoms with E-state index in [1.54, 1.807) is 22.2 Å². The number of benzene rings is 2. The van der Waals surface area contributed by atoms with Gasteiger partial charge in [-0.3, -0.25) is 9.80 Å². The maximum absolute atomic E-state index is 12.8. The molecule has 5 heterocycles. The average Bonchev–Trinajstić information content (AvgIpc) is 3.87. The van der Waals surface area contributed by atoms with Gasteiger partial charge in [0.2, 0.25) is 5.89 Å². The van der Waals surface area contributed by atoms with Crippen LogP contribution in [0.15, 0.2) is 59.3 Å². The molecule has 1 unspecified atom stereocenters. The molecule has 12 heteroatoms. The fraction of sp³-hybridized carbons (Fsp3) is 0.432. The molecule has 2 aliphatic heterocycles. The summed E-state index contributed by atoms with van der Waals surface area (Å²) in [4.78, 5) is 50.0. The molecule has 2 atom stereocenters. The highest BCUT2D eigenvalue weighted by atomic mass is 16.6. The van der Waals surface area contributed by atoms with E-state index in [1.807, 2.05) is 84.0 Å². The molecule has 256 valence electrons. The van der Waals surface area contributed by atoms with Crippen LogP contribution in [0.4, 0.5) is 9.59 Å². The summed E-state index contributed by atoms with van der Waals surface area (Å²) >= 11 is 0. The standard InChI is InChI=1S/C37H43N7O5/c1-36(2,3)48-34(45)43-17-7-9-28(43)31-38-20-26(40-31)22-11-13-23(14-12-22)33-42-25-19-24(15-16-30(25)47-33)27-21-39-32(41-27)29-10-8-18-44(29)35(46)49-37(4,5)6/h11-16,19-21,28-29H,7-10,17-18H2,1-6H3,(H,38,40)(H,39,41)/t28?,29-/m0/s1. The second kappa shape index (κ2) is 12.4. The van der Waals surface area contributed by atoms with Crippen LogP contribution in [-0.2, 0) is 9.47 Å². The molecule has 0 radical (unpaired) electrons. The van der Waals surface area contributed by atoms with Gasteiger partial charge in [0.05, 0.1) is 35.9 Å². The van der Waals surface area contributed by atoms with Crippen LogP contribution < -0.4 is 0 Å². The number of fused-ring (bicyclic) bond motifs is 1. The summed E-state index contributed by atoms with van der Waals surface area (Å²) in [7, 11) is 0. The zero-order valence-corrected chi connectivity index (χ0v) is 28.9. The second-order valence-electron chi connectivity index (χ2n) is 14.8. The largest absolute Gasteiger partial charge is 0.444 e. The number of amides is 2. The van der Waals surface area contributed by atoms with Crippen molar-refractivity contribution in [3.8, 4) is 34.0 Å². The molecule has 2 N–H and O–H groups in total. The second-order valence-corrected chi connectivity index (χ2v) is 14.8. The normalized spacial score (nSPS) is 18.4. The molecule has 2 saturated heterocycles. The van der Waals surface area contributed by atoms with Gasteiger partial charge in [0, 0.05) is 24.2 Å². The molecule has 0 aliphatic carbocycles. The molecule has 2 aliphatic rings. The Hall–Kier alpha value is -5.13. The highest BCUT2D eigenvalue weighted by molar-refractivity contribution is 5.82. The zero-order valence-electron chi connectivity index (χ0n) is 28.9. The van der Waals surface area contributed by atoms with Gasteiger partial charge in [0.1, 0.15) is 28.4 Å². The van der Waals surface area contributed by atoms with Gasteiger partial charge < -0.3 is 23.9 Å². The number of ether oxygens (including phenoxy) is 2. The summed E-state index contributed by atoms with van der Waals surface area (Å²) in [5, 5.41) is 0. The number of hydrogen-bond acceptors (Lipinski definition) is 8. The van der Waals surface area contributed by atoms with Crippen LogP contribution >= 0.6 is 0 Å². The van der Waals surface area contributed by atoms with Gasteiger partial charge in [-0.2, -0.15) is 0 Å². The summed E-state index contributed by atoms with van der Waals surface area (Å²) in [5.74, 6) is 2.02. The van der Waals surface area contributed by atoms with Gasteiger partial charge in [-0.1, -0.05) is 12.1 Å². The lowest BCUT2D eigenvalue weighted by Gasteiger charge is -2.27. The van der Waals surface area contributed by atoms with Crippen molar-refractivity contribution in [2.24, 2.45) is 0 Å². The third-order valence-corrected chi connectivity index (χ3v) is 8.73. The van der Waals surface area contributed by atoms with E-state index in [-0.39, 0.29) is 24.3 Å². The third-order valence-electron chi connectivity index (χ3n) is 8.73. The monoisotopic (exact) mass is 665 g/mol. The van der Waals surface area contributed by atoms with E-state index < -0.39 is 11.2 Å². The molecule has 2 fully saturated rings. The van der Waals surface area contributed by atoms with E-state index in [0.29, 0.717) is 24.6 Å². The molecule has 49 heavy (non-hydrogen) atoms. The molecular weight excluding hydrogens is 622 g/mol. The molecule has 12 nitrogen and oxygen atoms in total. The van der Waals surface area contributed by atoms with Crippen molar-refractivity contribution in [2.75, 3.05) is 13.1 Å². The van der Waals surface area contributed by atoms with E-state index >= 15 is 0 Å². The minimum atomic E-state index is -0.556. The van der Waals surface area contributed by atoms with Gasteiger partial charge in [0.25, 0.3) is 0 Å². The molecule has 0 spiro atoms. The van der Waals surface area contributed by atoms with E-state index in [2.05, 4.69) is 19.9 Å². The fourth-order valence-corrected chi connectivity index (χ4v) is 6.50. The van der Waals surface area contributed by atoms with Crippen LogP contribution in [0, 0.1) is 0 Å². The first kappa shape index (κ1) is 32.4. The number of carbonyl (C=O) groups is 2. The number of aromatic amines is 2. The van der Waals surface area contributed by atoms with Crippen LogP contribution in [0.3, 0.4) is 0 Å². The number of H-pyrrole nitrogens is 2. The van der Waals surface area contributed by atoms with E-state index in [1.165, 1.54) is 0 Å². The van der Waals surface area contributed by atoms with Gasteiger partial charge in [-0.15, -0.1) is 0 Å². The summed E-state index contributed by atoms with van der Waals surface area (Å²) in [6, 6.07) is 13.5. The van der Waals surface area contributed by atoms with Gasteiger partial charge in [-0.25, -0.2) is 24.5 Å². The highest BCUT2D eigenvalue weighted by Gasteiger charge is 2.36. The lowest BCUT2D eigenvalue weighted by Crippen LogP contribution is -2.36. The van der Waals surface area contributed by atoms with Crippen molar-refractivity contribution < 1.29 is 23.5 Å². The first-order valence-electron chi connectivity index (χ1n) is 16.9. The van der Waals surface area contributed by atoms with Gasteiger partial charge in [0.15, 0.2) is 5.58 Å². The van der Waals surface area contributed by atoms with Crippen molar-refractivity contribution in [3.63, 3.8) is 0 Å². The van der Waals surface area contributed by atoms with E-state index in [9.17, 15) is 9.59 Å². The van der Waals surface area contributed by atoms with Crippen molar-refractivity contribution in [1.29, 1.82) is 0 Å². The predicted octanol–water partition coefficient (Wildman–Crippen LogP) is 8.42. The van der Waals surface area contributed by atoms with Crippen LogP contribution in [0.1, 0.15) is 91.0 Å². The minimum absolute atomic E-state index is 0.143. The molecule has 2 amide bonds. The number of likely N-dealkylation sites (tertiary alicyclic amines) is 2. The average molecular weight is 666 g/mol. The SMILES string of the molecule is CC(C)(C)OC(=O)N1CCCC1c1ncc(-c2ccc(-c3nc4cc(-c5cnc([C@@H]6CCCN6C(=O)OC(C)(C)C)[nH]5)ccc4o3)cc2)[nH]1. The number of carbonyl (C=O) groups excluding carboxylic acids is 2. The van der Waals surface area contributed by atoms with Gasteiger partial charge in [-0.05, 0) is 103 Å². The predicted molar refractivity (Wildman–Crippen MR) is 184 cm³/mol. The number of nitrogens with one attached hydrogen (secondary N) is 2. The number of aromatic nitrogens is 5. The quantitative estimate of drug-likeness (QED) is 0.191. The number of nitrogens with zero attached hydrogens (tertiary/aromatic N) is 5. The molecule has 3 aromatic heterocycles. The first-order chi connectivity index (χ1) is 23.3. The van der Waals surface area contributed by atoms with Gasteiger partial charge >= 0.3 is 12.2 Å². The lowest BCUT2D eigenvalue weighted by atomic mass is 10.1. The van der Waals surface area contributed by atoms with E-state index in [4.69, 9.17) is 18.9 Å². The van der Waals surface area contributed by atoms with Crippen LogP contribution in [-0.4, -0.2) is 71.2 Å². The van der Waals surface area contributed by atoms with Crippen molar-refractivity contribution in [1.82, 2.24) is 34.7 Å². The smallest absolute Gasteiger partial charge is 0.410 e. The molecule has 0 saturated carbocycles. The maximum Gasteiger partial charge on any atom is 0.410 e. The Kier molecular flexibility index (Phi) is 8.20. The fourth-order valence-electron chi connectivity index (χ4n) is 6.50. The Labute approximate surface area is 285 Å². The Morgan fingerprint density at radius 1 is 0.735 bits per heavy atom. The number of imidazole rings is 2. The summed E-state index contributed by atoms with van der Waals surface area (Å²) in [5.41, 5.74) is 4.74. The Morgan fingerprint density at radius 2 is 1.22 bits per heavy atom. The molecule has 7 rings (SSSR count). The summed E-state index contributed by atoms with van der Waals surface area (Å²) in [6.45, 7) is 12.5. The van der Waals surface area contributed by atoms with Crippen molar-refractivity contribution in [2.45, 2.75) is 90.5 Å². The van der Waals surface area contributed by atoms with Crippen molar-refractivity contribution in [3.05, 3.63) is 66.5 Å². The molecular formula is C37H43N7O5.